The van der Waals surface area contributed by atoms with Crippen molar-refractivity contribution >= 4 is 16.2 Å². The Labute approximate surface area is 128 Å². The molecule has 1 rings (SSSR count). The van der Waals surface area contributed by atoms with Crippen molar-refractivity contribution < 1.29 is 22.1 Å². The van der Waals surface area contributed by atoms with Crippen molar-refractivity contribution in [2.75, 3.05) is 12.9 Å². The molecule has 0 unspecified atom stereocenters. The van der Waals surface area contributed by atoms with Gasteiger partial charge in [-0.25, -0.2) is 4.79 Å². The van der Waals surface area contributed by atoms with Gasteiger partial charge in [-0.15, -0.1) is 0 Å². The van der Waals surface area contributed by atoms with Crippen molar-refractivity contribution in [3.05, 3.63) is 0 Å². The first kappa shape index (κ1) is 20.2. The van der Waals surface area contributed by atoms with Crippen LogP contribution in [0.5, 0.6) is 0 Å². The van der Waals surface area contributed by atoms with E-state index >= 15 is 0 Å². The largest absolute Gasteiger partial charge is 0.444 e. The zero-order valence-corrected chi connectivity index (χ0v) is 14.8. The van der Waals surface area contributed by atoms with Gasteiger partial charge in [0.15, 0.2) is 0 Å². The van der Waals surface area contributed by atoms with E-state index in [1.807, 2.05) is 0 Å². The van der Waals surface area contributed by atoms with Crippen LogP contribution in [0.3, 0.4) is 0 Å². The van der Waals surface area contributed by atoms with Crippen molar-refractivity contribution in [3.8, 4) is 0 Å². The van der Waals surface area contributed by atoms with Crippen molar-refractivity contribution in [2.24, 2.45) is 0 Å². The molecule has 7 heteroatoms. The van der Waals surface area contributed by atoms with Gasteiger partial charge < -0.3 is 10.1 Å². The summed E-state index contributed by atoms with van der Waals surface area (Å²) in [6, 6.07) is 0. The molecule has 0 bridgehead atoms. The number of alkyl carbamates (subject to hydrolysis) is 1. The maximum atomic E-state index is 11.6. The second kappa shape index (κ2) is 7.98. The minimum Gasteiger partial charge on any atom is -0.444 e. The third-order valence-electron chi connectivity index (χ3n) is 2.50. The van der Waals surface area contributed by atoms with Gasteiger partial charge in [0.2, 0.25) is 0 Å². The molecule has 6 nitrogen and oxygen atoms in total. The number of carbonyl (C=O) groups excluding carboxylic acids is 1. The van der Waals surface area contributed by atoms with Gasteiger partial charge in [0.1, 0.15) is 5.60 Å². The second-order valence-electron chi connectivity index (χ2n) is 6.39. The van der Waals surface area contributed by atoms with E-state index < -0.39 is 21.8 Å². The molecule has 0 aliphatic heterocycles. The van der Waals surface area contributed by atoms with E-state index in [-0.39, 0.29) is 12.1 Å². The number of hydrogen-bond acceptors (Lipinski definition) is 5. The van der Waals surface area contributed by atoms with Crippen LogP contribution in [0.2, 0.25) is 0 Å². The molecule has 21 heavy (non-hydrogen) atoms. The summed E-state index contributed by atoms with van der Waals surface area (Å²) >= 11 is 0. The molecule has 1 amide bonds. The van der Waals surface area contributed by atoms with Crippen molar-refractivity contribution in [1.82, 2.24) is 5.32 Å². The van der Waals surface area contributed by atoms with Gasteiger partial charge in [-0.2, -0.15) is 8.42 Å². The fourth-order valence-corrected chi connectivity index (χ4v) is 1.88. The highest BCUT2D eigenvalue weighted by Gasteiger charge is 2.44. The predicted octanol–water partition coefficient (Wildman–Crippen LogP) is 2.83. The highest BCUT2D eigenvalue weighted by atomic mass is 32.2. The summed E-state index contributed by atoms with van der Waals surface area (Å²) in [5, 5.41) is 2.77. The fraction of sp³-hybridized carbons (Fsp3) is 0.929. The number of amides is 1. The van der Waals surface area contributed by atoms with Gasteiger partial charge in [0, 0.05) is 5.54 Å². The first-order valence-electron chi connectivity index (χ1n) is 7.28. The highest BCUT2D eigenvalue weighted by Crippen LogP contribution is 2.39. The molecule has 0 aromatic rings. The molecule has 0 saturated heterocycles. The molecule has 1 aliphatic carbocycles. The van der Waals surface area contributed by atoms with E-state index in [1.54, 1.807) is 20.8 Å². The minimum absolute atomic E-state index is 0.0780. The average Bonchev–Trinajstić information content (AvgIpc) is 2.93. The molecular weight excluding hydrogens is 294 g/mol. The minimum atomic E-state index is -3.42. The lowest BCUT2D eigenvalue weighted by Crippen LogP contribution is -2.41. The summed E-state index contributed by atoms with van der Waals surface area (Å²) in [5.74, 6) is 0. The van der Waals surface area contributed by atoms with Gasteiger partial charge in [-0.05, 0) is 40.0 Å². The molecule has 126 valence electrons. The van der Waals surface area contributed by atoms with Crippen LogP contribution >= 0.6 is 0 Å². The molecule has 0 aromatic heterocycles. The normalized spacial score (nSPS) is 16.5. The Morgan fingerprint density at radius 2 is 1.71 bits per heavy atom. The molecule has 0 spiro atoms. The molecule has 0 aromatic carbocycles. The Bertz CT molecular complexity index is 421. The van der Waals surface area contributed by atoms with Gasteiger partial charge in [-0.1, -0.05) is 20.3 Å². The molecule has 0 atom stereocenters. The average molecular weight is 323 g/mol. The number of ether oxygens (including phenoxy) is 1. The smallest absolute Gasteiger partial charge is 0.408 e. The molecule has 1 N–H and O–H groups in total. The zero-order valence-electron chi connectivity index (χ0n) is 14.0. The topological polar surface area (TPSA) is 81.7 Å². The number of nitrogens with one attached hydrogen (secondary N) is 1. The summed E-state index contributed by atoms with van der Waals surface area (Å²) in [4.78, 5) is 11.6. The Kier molecular flexibility index (Phi) is 7.67. The van der Waals surface area contributed by atoms with Crippen molar-refractivity contribution in [1.29, 1.82) is 0 Å². The van der Waals surface area contributed by atoms with Crippen LogP contribution in [-0.4, -0.2) is 38.5 Å². The van der Waals surface area contributed by atoms with E-state index in [4.69, 9.17) is 4.74 Å². The van der Waals surface area contributed by atoms with Crippen molar-refractivity contribution in [3.63, 3.8) is 0 Å². The molecule has 0 heterocycles. The molecule has 1 fully saturated rings. The van der Waals surface area contributed by atoms with Crippen LogP contribution < -0.4 is 5.32 Å². The number of carbonyl (C=O) groups is 1. The van der Waals surface area contributed by atoms with E-state index in [1.165, 1.54) is 6.42 Å². The van der Waals surface area contributed by atoms with Crippen LogP contribution in [0.4, 0.5) is 4.79 Å². The number of rotatable bonds is 5. The van der Waals surface area contributed by atoms with E-state index in [2.05, 4.69) is 23.3 Å². The monoisotopic (exact) mass is 323 g/mol. The van der Waals surface area contributed by atoms with Gasteiger partial charge in [0.05, 0.1) is 12.9 Å². The number of hydrogen-bond donors (Lipinski definition) is 1. The van der Waals surface area contributed by atoms with Gasteiger partial charge in [-0.3, -0.25) is 4.18 Å². The predicted molar refractivity (Wildman–Crippen MR) is 82.7 cm³/mol. The lowest BCUT2D eigenvalue weighted by molar-refractivity contribution is 0.0490. The van der Waals surface area contributed by atoms with Crippen LogP contribution in [0.15, 0.2) is 0 Å². The van der Waals surface area contributed by atoms with Crippen LogP contribution in [0.1, 0.15) is 60.3 Å². The lowest BCUT2D eigenvalue weighted by Gasteiger charge is -2.23. The Morgan fingerprint density at radius 3 is 2.05 bits per heavy atom. The SMILES string of the molecule is CC(C)(C)OC(=O)NC1(CCOS(C)(=O)=O)CC1.CCC. The van der Waals surface area contributed by atoms with Crippen LogP contribution in [-0.2, 0) is 19.0 Å². The van der Waals surface area contributed by atoms with E-state index in [9.17, 15) is 13.2 Å². The Morgan fingerprint density at radius 1 is 1.24 bits per heavy atom. The van der Waals surface area contributed by atoms with Gasteiger partial charge >= 0.3 is 6.09 Å². The zero-order chi connectivity index (χ0) is 16.7. The lowest BCUT2D eigenvalue weighted by atomic mass is 10.2. The van der Waals surface area contributed by atoms with Crippen LogP contribution in [0, 0.1) is 0 Å². The standard InChI is InChI=1S/C11H21NO5S.C3H8/c1-10(2,3)17-9(13)12-11(5-6-11)7-8-16-18(4,14)15;1-3-2/h5-8H2,1-4H3,(H,12,13);3H2,1-2H3. The quantitative estimate of drug-likeness (QED) is 0.787. The second-order valence-corrected chi connectivity index (χ2v) is 8.03. The van der Waals surface area contributed by atoms with Crippen molar-refractivity contribution in [2.45, 2.75) is 71.4 Å². The third-order valence-corrected chi connectivity index (χ3v) is 3.09. The summed E-state index contributed by atoms with van der Waals surface area (Å²) in [6.45, 7) is 9.70. The maximum Gasteiger partial charge on any atom is 0.408 e. The Balaban J connectivity index is 0.00000122. The fourth-order valence-electron chi connectivity index (χ4n) is 1.50. The summed E-state index contributed by atoms with van der Waals surface area (Å²) in [5.41, 5.74) is -0.892. The third kappa shape index (κ3) is 11.5. The summed E-state index contributed by atoms with van der Waals surface area (Å²) < 4.78 is 31.4. The molecule has 1 saturated carbocycles. The first-order valence-corrected chi connectivity index (χ1v) is 9.10. The summed E-state index contributed by atoms with van der Waals surface area (Å²) in [6.07, 6.45) is 3.89. The van der Waals surface area contributed by atoms with E-state index in [0.29, 0.717) is 6.42 Å². The first-order chi connectivity index (χ1) is 9.43. The Hall–Kier alpha value is -0.820. The van der Waals surface area contributed by atoms with Crippen LogP contribution in [0.25, 0.3) is 0 Å². The highest BCUT2D eigenvalue weighted by molar-refractivity contribution is 7.85. The molecular formula is C14H29NO5S. The van der Waals surface area contributed by atoms with Gasteiger partial charge in [0.25, 0.3) is 10.1 Å². The van der Waals surface area contributed by atoms with E-state index in [0.717, 1.165) is 19.1 Å². The maximum absolute atomic E-state index is 11.6. The summed E-state index contributed by atoms with van der Waals surface area (Å²) in [7, 11) is -3.42. The molecule has 0 radical (unpaired) electrons. The molecule has 1 aliphatic rings.